The number of fused-ring (bicyclic) bond motifs is 1. The molecule has 3 aromatic rings. The zero-order valence-electron chi connectivity index (χ0n) is 18.1. The van der Waals surface area contributed by atoms with Crippen LogP contribution < -0.4 is 21.5 Å². The molecule has 1 atom stereocenters. The van der Waals surface area contributed by atoms with Gasteiger partial charge in [-0.2, -0.15) is 0 Å². The van der Waals surface area contributed by atoms with E-state index in [1.54, 1.807) is 37.3 Å². The van der Waals surface area contributed by atoms with Gasteiger partial charge in [0, 0.05) is 23.7 Å². The number of hydrogen-bond acceptors (Lipinski definition) is 5. The largest absolute Gasteiger partial charge is 0.334 e. The van der Waals surface area contributed by atoms with Gasteiger partial charge in [0.25, 0.3) is 5.56 Å². The number of rotatable bonds is 4. The first-order chi connectivity index (χ1) is 15.7. The monoisotopic (exact) mass is 467 g/mol. The van der Waals surface area contributed by atoms with Crippen molar-refractivity contribution in [1.82, 2.24) is 20.2 Å². The zero-order chi connectivity index (χ0) is 23.7. The molecule has 1 fully saturated rings. The Morgan fingerprint density at radius 1 is 1.18 bits per heavy atom. The van der Waals surface area contributed by atoms with E-state index in [4.69, 9.17) is 11.6 Å². The maximum Gasteiger partial charge on any atom is 0.319 e. The second kappa shape index (κ2) is 9.03. The van der Waals surface area contributed by atoms with Crippen molar-refractivity contribution in [3.63, 3.8) is 0 Å². The fourth-order valence-electron chi connectivity index (χ4n) is 3.79. The molecular weight excluding hydrogens is 446 g/mol. The van der Waals surface area contributed by atoms with Crippen LogP contribution in [-0.2, 0) is 16.1 Å². The average molecular weight is 468 g/mol. The highest BCUT2D eigenvalue weighted by molar-refractivity contribution is 6.31. The molecule has 0 unspecified atom stereocenters. The number of benzene rings is 2. The summed E-state index contributed by atoms with van der Waals surface area (Å²) >= 11 is 6.09. The fraction of sp³-hybridized carbons (Fsp3) is 0.261. The van der Waals surface area contributed by atoms with E-state index in [1.807, 2.05) is 13.0 Å². The van der Waals surface area contributed by atoms with Gasteiger partial charge in [0.15, 0.2) is 0 Å². The number of carbonyl (C=O) groups is 3. The standard InChI is InChI=1S/C23H22ClN5O4/c1-12-3-5-15(10-17(12)24)27-23(33)25-11-14-4-6-18-16(9-14)22(32)29(13(2)26-18)19-7-8-20(30)28-21(19)31/h3-6,9-10,19H,7-8,11H2,1-2H3,(H2,25,27,33)(H,28,30,31)/t19-/m0/s1. The third-order valence-corrected chi connectivity index (χ3v) is 5.95. The SMILES string of the molecule is Cc1ccc(NC(=O)NCc2ccc3nc(C)n([C@H]4CCC(=O)NC4=O)c(=O)c3c2)cc1Cl. The molecule has 9 nitrogen and oxygen atoms in total. The number of halogens is 1. The molecule has 0 bridgehead atoms. The molecule has 2 heterocycles. The van der Waals surface area contributed by atoms with Gasteiger partial charge in [-0.15, -0.1) is 0 Å². The molecule has 0 saturated carbocycles. The number of nitrogens with one attached hydrogen (secondary N) is 3. The number of amides is 4. The summed E-state index contributed by atoms with van der Waals surface area (Å²) in [6, 6.07) is 9.14. The lowest BCUT2D eigenvalue weighted by Crippen LogP contribution is -2.45. The van der Waals surface area contributed by atoms with Gasteiger partial charge < -0.3 is 10.6 Å². The van der Waals surface area contributed by atoms with Gasteiger partial charge in [0.05, 0.1) is 10.9 Å². The van der Waals surface area contributed by atoms with Gasteiger partial charge in [0.1, 0.15) is 11.9 Å². The first-order valence-electron chi connectivity index (χ1n) is 10.4. The lowest BCUT2D eigenvalue weighted by atomic mass is 10.0. The minimum Gasteiger partial charge on any atom is -0.334 e. The molecule has 3 N–H and O–H groups in total. The number of hydrogen-bond donors (Lipinski definition) is 3. The Labute approximate surface area is 194 Å². The van der Waals surface area contributed by atoms with Crippen LogP contribution in [0.3, 0.4) is 0 Å². The molecule has 4 rings (SSSR count). The molecule has 0 spiro atoms. The van der Waals surface area contributed by atoms with Gasteiger partial charge in [0.2, 0.25) is 11.8 Å². The van der Waals surface area contributed by atoms with Crippen molar-refractivity contribution in [3.8, 4) is 0 Å². The quantitative estimate of drug-likeness (QED) is 0.509. The van der Waals surface area contributed by atoms with E-state index in [2.05, 4.69) is 20.9 Å². The first kappa shape index (κ1) is 22.5. The highest BCUT2D eigenvalue weighted by atomic mass is 35.5. The van der Waals surface area contributed by atoms with Crippen LogP contribution in [0.4, 0.5) is 10.5 Å². The lowest BCUT2D eigenvalue weighted by Gasteiger charge is -2.24. The van der Waals surface area contributed by atoms with Crippen molar-refractivity contribution < 1.29 is 14.4 Å². The maximum atomic E-state index is 13.2. The van der Waals surface area contributed by atoms with E-state index in [0.717, 1.165) is 5.56 Å². The summed E-state index contributed by atoms with van der Waals surface area (Å²) in [7, 11) is 0. The molecule has 0 radical (unpaired) electrons. The summed E-state index contributed by atoms with van der Waals surface area (Å²) < 4.78 is 1.33. The van der Waals surface area contributed by atoms with Gasteiger partial charge in [-0.3, -0.25) is 24.3 Å². The molecule has 1 saturated heterocycles. The van der Waals surface area contributed by atoms with Gasteiger partial charge >= 0.3 is 6.03 Å². The van der Waals surface area contributed by atoms with Crippen LogP contribution in [0.2, 0.25) is 5.02 Å². The molecule has 1 aliphatic heterocycles. The van der Waals surface area contributed by atoms with Gasteiger partial charge in [-0.05, 0) is 55.7 Å². The van der Waals surface area contributed by atoms with Crippen molar-refractivity contribution in [1.29, 1.82) is 0 Å². The predicted molar refractivity (Wildman–Crippen MR) is 124 cm³/mol. The molecular formula is C23H22ClN5O4. The van der Waals surface area contributed by atoms with E-state index in [1.165, 1.54) is 4.57 Å². The summed E-state index contributed by atoms with van der Waals surface area (Å²) in [5, 5.41) is 8.61. The van der Waals surface area contributed by atoms with Crippen molar-refractivity contribution >= 4 is 46.0 Å². The van der Waals surface area contributed by atoms with Crippen LogP contribution in [-0.4, -0.2) is 27.4 Å². The molecule has 0 aliphatic carbocycles. The van der Waals surface area contributed by atoms with Crippen LogP contribution in [0, 0.1) is 13.8 Å². The number of aromatic nitrogens is 2. The molecule has 1 aliphatic rings. The van der Waals surface area contributed by atoms with E-state index >= 15 is 0 Å². The summed E-state index contributed by atoms with van der Waals surface area (Å²) in [5.74, 6) is -0.470. The number of anilines is 1. The number of nitrogens with zero attached hydrogens (tertiary/aromatic N) is 2. The summed E-state index contributed by atoms with van der Waals surface area (Å²) in [4.78, 5) is 53.7. The topological polar surface area (TPSA) is 122 Å². The van der Waals surface area contributed by atoms with Crippen LogP contribution in [0.5, 0.6) is 0 Å². The number of imide groups is 1. The number of aryl methyl sites for hydroxylation is 2. The summed E-state index contributed by atoms with van der Waals surface area (Å²) in [6.07, 6.45) is 0.397. The Kier molecular flexibility index (Phi) is 6.15. The minimum absolute atomic E-state index is 0.158. The molecule has 170 valence electrons. The second-order valence-electron chi connectivity index (χ2n) is 7.92. The van der Waals surface area contributed by atoms with E-state index in [9.17, 15) is 19.2 Å². The van der Waals surface area contributed by atoms with Crippen molar-refractivity contribution in [2.45, 2.75) is 39.3 Å². The highest BCUT2D eigenvalue weighted by Crippen LogP contribution is 2.21. The zero-order valence-corrected chi connectivity index (χ0v) is 18.8. The van der Waals surface area contributed by atoms with E-state index in [-0.39, 0.29) is 30.9 Å². The minimum atomic E-state index is -0.791. The summed E-state index contributed by atoms with van der Waals surface area (Å²) in [5.41, 5.74) is 2.28. The Morgan fingerprint density at radius 2 is 1.97 bits per heavy atom. The maximum absolute atomic E-state index is 13.2. The van der Waals surface area contributed by atoms with Crippen LogP contribution in [0.15, 0.2) is 41.2 Å². The second-order valence-corrected chi connectivity index (χ2v) is 8.33. The Balaban J connectivity index is 1.54. The normalized spacial score (nSPS) is 15.9. The van der Waals surface area contributed by atoms with Gasteiger partial charge in [-0.25, -0.2) is 9.78 Å². The molecule has 10 heteroatoms. The molecule has 33 heavy (non-hydrogen) atoms. The van der Waals surface area contributed by atoms with E-state index < -0.39 is 18.0 Å². The van der Waals surface area contributed by atoms with Gasteiger partial charge in [-0.1, -0.05) is 23.7 Å². The number of urea groups is 1. The third-order valence-electron chi connectivity index (χ3n) is 5.55. The summed E-state index contributed by atoms with van der Waals surface area (Å²) in [6.45, 7) is 3.70. The van der Waals surface area contributed by atoms with Crippen LogP contribution in [0.1, 0.15) is 35.8 Å². The van der Waals surface area contributed by atoms with Crippen molar-refractivity contribution in [2.75, 3.05) is 5.32 Å². The van der Waals surface area contributed by atoms with Crippen LogP contribution in [0.25, 0.3) is 10.9 Å². The smallest absolute Gasteiger partial charge is 0.319 e. The predicted octanol–water partition coefficient (Wildman–Crippen LogP) is 2.97. The molecule has 1 aromatic heterocycles. The van der Waals surface area contributed by atoms with E-state index in [0.29, 0.717) is 33.0 Å². The Morgan fingerprint density at radius 3 is 2.70 bits per heavy atom. The average Bonchev–Trinajstić information content (AvgIpc) is 2.76. The molecule has 4 amide bonds. The number of piperidine rings is 1. The van der Waals surface area contributed by atoms with Crippen molar-refractivity contribution in [2.24, 2.45) is 0 Å². The van der Waals surface area contributed by atoms with Crippen molar-refractivity contribution in [3.05, 3.63) is 68.7 Å². The van der Waals surface area contributed by atoms with Crippen LogP contribution >= 0.6 is 11.6 Å². The Hall–Kier alpha value is -3.72. The lowest BCUT2D eigenvalue weighted by molar-refractivity contribution is -0.135. The number of carbonyl (C=O) groups excluding carboxylic acids is 3. The fourth-order valence-corrected chi connectivity index (χ4v) is 3.97. The first-order valence-corrected chi connectivity index (χ1v) is 10.8. The third kappa shape index (κ3) is 4.73. The highest BCUT2D eigenvalue weighted by Gasteiger charge is 2.30. The Bertz CT molecular complexity index is 1350. The molecule has 2 aromatic carbocycles.